The lowest BCUT2D eigenvalue weighted by atomic mass is 9.95. The average Bonchev–Trinajstić information content (AvgIpc) is 3.09. The molecule has 100 valence electrons. The quantitative estimate of drug-likeness (QED) is 0.747. The Bertz CT molecular complexity index is 349. The predicted octanol–water partition coefficient (Wildman–Crippen LogP) is 1.53. The van der Waals surface area contributed by atoms with Crippen LogP contribution in [0.4, 0.5) is 0 Å². The number of nitrogens with zero attached hydrogens (tertiary/aromatic N) is 1. The van der Waals surface area contributed by atoms with Crippen LogP contribution >= 0.6 is 0 Å². The Morgan fingerprint density at radius 3 is 2.72 bits per heavy atom. The normalized spacial score (nSPS) is 36.6. The van der Waals surface area contributed by atoms with Gasteiger partial charge in [0.25, 0.3) is 5.91 Å². The zero-order chi connectivity index (χ0) is 12.5. The first-order chi connectivity index (χ1) is 8.77. The predicted molar refractivity (Wildman–Crippen MR) is 66.1 cm³/mol. The second-order valence-electron chi connectivity index (χ2n) is 5.71. The summed E-state index contributed by atoms with van der Waals surface area (Å²) in [7, 11) is 0. The second kappa shape index (κ2) is 5.00. The maximum atomic E-state index is 12.4. The highest BCUT2D eigenvalue weighted by Crippen LogP contribution is 2.34. The first kappa shape index (κ1) is 12.2. The Labute approximate surface area is 108 Å². The molecule has 4 heteroatoms. The molecule has 0 bridgehead atoms. The standard InChI is InChI=1S/C14H21NO3/c16-12-6-1-4-10(12)11-5-2-8-15(11)14(17)13-7-3-9-18-13/h10-11,13H,1-9H2. The van der Waals surface area contributed by atoms with Crippen molar-refractivity contribution in [1.29, 1.82) is 0 Å². The molecular formula is C14H21NO3. The minimum Gasteiger partial charge on any atom is -0.368 e. The van der Waals surface area contributed by atoms with Gasteiger partial charge < -0.3 is 9.64 Å². The summed E-state index contributed by atoms with van der Waals surface area (Å²) >= 11 is 0. The van der Waals surface area contributed by atoms with Crippen LogP contribution < -0.4 is 0 Å². The van der Waals surface area contributed by atoms with E-state index in [2.05, 4.69) is 0 Å². The summed E-state index contributed by atoms with van der Waals surface area (Å²) in [5, 5.41) is 0. The smallest absolute Gasteiger partial charge is 0.251 e. The van der Waals surface area contributed by atoms with Crippen LogP contribution in [0.2, 0.25) is 0 Å². The second-order valence-corrected chi connectivity index (χ2v) is 5.71. The molecule has 18 heavy (non-hydrogen) atoms. The van der Waals surface area contributed by atoms with Crippen molar-refractivity contribution in [3.05, 3.63) is 0 Å². The van der Waals surface area contributed by atoms with E-state index in [1.54, 1.807) is 0 Å². The summed E-state index contributed by atoms with van der Waals surface area (Å²) < 4.78 is 5.49. The molecule has 2 heterocycles. The van der Waals surface area contributed by atoms with E-state index in [-0.39, 0.29) is 24.0 Å². The molecule has 3 aliphatic rings. The summed E-state index contributed by atoms with van der Waals surface area (Å²) in [4.78, 5) is 26.2. The van der Waals surface area contributed by atoms with Gasteiger partial charge in [-0.2, -0.15) is 0 Å². The van der Waals surface area contributed by atoms with Crippen molar-refractivity contribution in [2.75, 3.05) is 13.2 Å². The van der Waals surface area contributed by atoms with E-state index >= 15 is 0 Å². The summed E-state index contributed by atoms with van der Waals surface area (Å²) in [6.45, 7) is 1.52. The number of carbonyl (C=O) groups excluding carboxylic acids is 2. The van der Waals surface area contributed by atoms with Crippen molar-refractivity contribution in [1.82, 2.24) is 4.90 Å². The summed E-state index contributed by atoms with van der Waals surface area (Å²) in [6.07, 6.45) is 6.31. The molecule has 3 unspecified atom stereocenters. The molecule has 3 atom stereocenters. The summed E-state index contributed by atoms with van der Waals surface area (Å²) in [5.41, 5.74) is 0. The fourth-order valence-corrected chi connectivity index (χ4v) is 3.69. The van der Waals surface area contributed by atoms with Crippen molar-refractivity contribution < 1.29 is 14.3 Å². The number of likely N-dealkylation sites (tertiary alicyclic amines) is 1. The van der Waals surface area contributed by atoms with Gasteiger partial charge in [-0.3, -0.25) is 9.59 Å². The van der Waals surface area contributed by atoms with Gasteiger partial charge in [0.2, 0.25) is 0 Å². The first-order valence-corrected chi connectivity index (χ1v) is 7.22. The molecular weight excluding hydrogens is 230 g/mol. The minimum absolute atomic E-state index is 0.109. The zero-order valence-electron chi connectivity index (χ0n) is 10.8. The Kier molecular flexibility index (Phi) is 3.37. The molecule has 3 fully saturated rings. The van der Waals surface area contributed by atoms with Gasteiger partial charge in [-0.1, -0.05) is 0 Å². The minimum atomic E-state index is -0.234. The molecule has 0 aromatic carbocycles. The van der Waals surface area contributed by atoms with Crippen molar-refractivity contribution >= 4 is 11.7 Å². The fraction of sp³-hybridized carbons (Fsp3) is 0.857. The highest BCUT2D eigenvalue weighted by molar-refractivity contribution is 5.86. The van der Waals surface area contributed by atoms with Crippen molar-refractivity contribution in [3.63, 3.8) is 0 Å². The number of Topliss-reactive ketones (excluding diaryl/α,β-unsaturated/α-hetero) is 1. The Balaban J connectivity index is 1.70. The highest BCUT2D eigenvalue weighted by atomic mass is 16.5. The Morgan fingerprint density at radius 1 is 1.17 bits per heavy atom. The van der Waals surface area contributed by atoms with Crippen LogP contribution in [0, 0.1) is 5.92 Å². The van der Waals surface area contributed by atoms with Gasteiger partial charge >= 0.3 is 0 Å². The lowest BCUT2D eigenvalue weighted by Crippen LogP contribution is -2.45. The van der Waals surface area contributed by atoms with Gasteiger partial charge in [0, 0.05) is 31.5 Å². The lowest BCUT2D eigenvalue weighted by Gasteiger charge is -2.30. The monoisotopic (exact) mass is 251 g/mol. The SMILES string of the molecule is O=C1CCCC1C1CCCN1C(=O)C1CCCO1. The van der Waals surface area contributed by atoms with E-state index in [0.717, 1.165) is 45.1 Å². The van der Waals surface area contributed by atoms with E-state index in [1.165, 1.54) is 0 Å². The zero-order valence-corrected chi connectivity index (χ0v) is 10.8. The first-order valence-electron chi connectivity index (χ1n) is 7.22. The molecule has 0 aromatic heterocycles. The van der Waals surface area contributed by atoms with Gasteiger partial charge in [0.1, 0.15) is 11.9 Å². The Hall–Kier alpha value is -0.900. The third kappa shape index (κ3) is 2.07. The van der Waals surface area contributed by atoms with Crippen molar-refractivity contribution in [2.24, 2.45) is 5.92 Å². The molecule has 1 amide bonds. The average molecular weight is 251 g/mol. The summed E-state index contributed by atoms with van der Waals surface area (Å²) in [5.74, 6) is 0.611. The van der Waals surface area contributed by atoms with Crippen LogP contribution in [-0.4, -0.2) is 41.9 Å². The molecule has 3 rings (SSSR count). The maximum absolute atomic E-state index is 12.4. The summed E-state index contributed by atoms with van der Waals surface area (Å²) in [6, 6.07) is 0.164. The number of rotatable bonds is 2. The molecule has 2 aliphatic heterocycles. The maximum Gasteiger partial charge on any atom is 0.251 e. The topological polar surface area (TPSA) is 46.6 Å². The highest BCUT2D eigenvalue weighted by Gasteiger charge is 2.42. The molecule has 2 saturated heterocycles. The number of ketones is 1. The van der Waals surface area contributed by atoms with Crippen LogP contribution in [0.3, 0.4) is 0 Å². The fourth-order valence-electron chi connectivity index (χ4n) is 3.69. The van der Waals surface area contributed by atoms with Crippen LogP contribution in [0.15, 0.2) is 0 Å². The number of hydrogen-bond donors (Lipinski definition) is 0. The van der Waals surface area contributed by atoms with E-state index < -0.39 is 0 Å². The molecule has 0 N–H and O–H groups in total. The third-order valence-corrected chi connectivity index (χ3v) is 4.60. The van der Waals surface area contributed by atoms with Gasteiger partial charge in [0.05, 0.1) is 0 Å². The number of carbonyl (C=O) groups is 2. The van der Waals surface area contributed by atoms with Gasteiger partial charge in [-0.15, -0.1) is 0 Å². The van der Waals surface area contributed by atoms with Crippen molar-refractivity contribution in [3.8, 4) is 0 Å². The lowest BCUT2D eigenvalue weighted by molar-refractivity contribution is -0.143. The third-order valence-electron chi connectivity index (χ3n) is 4.60. The number of hydrogen-bond acceptors (Lipinski definition) is 3. The largest absolute Gasteiger partial charge is 0.368 e. The molecule has 0 radical (unpaired) electrons. The number of ether oxygens (including phenoxy) is 1. The van der Waals surface area contributed by atoms with Crippen LogP contribution in [-0.2, 0) is 14.3 Å². The molecule has 0 aromatic rings. The molecule has 0 spiro atoms. The van der Waals surface area contributed by atoms with E-state index in [1.807, 2.05) is 4.90 Å². The van der Waals surface area contributed by atoms with Crippen LogP contribution in [0.25, 0.3) is 0 Å². The van der Waals surface area contributed by atoms with Crippen LogP contribution in [0.5, 0.6) is 0 Å². The Morgan fingerprint density at radius 2 is 2.06 bits per heavy atom. The van der Waals surface area contributed by atoms with Crippen molar-refractivity contribution in [2.45, 2.75) is 57.1 Å². The van der Waals surface area contributed by atoms with E-state index in [0.29, 0.717) is 18.8 Å². The van der Waals surface area contributed by atoms with Crippen LogP contribution in [0.1, 0.15) is 44.9 Å². The molecule has 1 saturated carbocycles. The van der Waals surface area contributed by atoms with Gasteiger partial charge in [0.15, 0.2) is 0 Å². The van der Waals surface area contributed by atoms with E-state index in [4.69, 9.17) is 4.74 Å². The van der Waals surface area contributed by atoms with Gasteiger partial charge in [-0.25, -0.2) is 0 Å². The van der Waals surface area contributed by atoms with Gasteiger partial charge in [-0.05, 0) is 38.5 Å². The molecule has 4 nitrogen and oxygen atoms in total. The molecule has 1 aliphatic carbocycles. The number of amides is 1. The van der Waals surface area contributed by atoms with E-state index in [9.17, 15) is 9.59 Å².